The van der Waals surface area contributed by atoms with E-state index in [1.54, 1.807) is 26.8 Å². The second-order valence-corrected chi connectivity index (χ2v) is 9.08. The number of esters is 2. The van der Waals surface area contributed by atoms with Gasteiger partial charge in [0.1, 0.15) is 11.6 Å². The summed E-state index contributed by atoms with van der Waals surface area (Å²) in [7, 11) is 1.24. The minimum atomic E-state index is -0.885. The number of ether oxygens (including phenoxy) is 3. The summed E-state index contributed by atoms with van der Waals surface area (Å²) in [5.41, 5.74) is -0.692. The van der Waals surface area contributed by atoms with E-state index in [0.717, 1.165) is 12.8 Å². The number of allylic oxidation sites excluding steroid dienone is 1. The van der Waals surface area contributed by atoms with E-state index in [9.17, 15) is 19.5 Å². The van der Waals surface area contributed by atoms with Gasteiger partial charge in [-0.3, -0.25) is 9.59 Å². The maximum atomic E-state index is 13.5. The number of β-amino-alcohol motifs (C(OH)–C–C–N with tert-alkyl or cyclic N) is 1. The SMILES string of the molecule is C=CCC[C@@H](C)O[C@@H](CC)[C@H](CC(=O)OC(C)(C)C)C(=O)N1C[C@H](O)C[C@H]1C(=O)OC. The van der Waals surface area contributed by atoms with Crippen molar-refractivity contribution in [3.8, 4) is 0 Å². The number of aliphatic hydroxyl groups is 1. The lowest BCUT2D eigenvalue weighted by atomic mass is 9.93. The first-order chi connectivity index (χ1) is 14.4. The summed E-state index contributed by atoms with van der Waals surface area (Å²) in [6.45, 7) is 12.8. The molecule has 1 amide bonds. The lowest BCUT2D eigenvalue weighted by Gasteiger charge is -2.33. The summed E-state index contributed by atoms with van der Waals surface area (Å²) in [6, 6.07) is -0.885. The van der Waals surface area contributed by atoms with Gasteiger partial charge in [-0.1, -0.05) is 13.0 Å². The first-order valence-electron chi connectivity index (χ1n) is 11.0. The van der Waals surface area contributed by atoms with Gasteiger partial charge >= 0.3 is 11.9 Å². The van der Waals surface area contributed by atoms with E-state index >= 15 is 0 Å². The van der Waals surface area contributed by atoms with Crippen LogP contribution < -0.4 is 0 Å². The van der Waals surface area contributed by atoms with Crippen LogP contribution in [0.3, 0.4) is 0 Å². The topological polar surface area (TPSA) is 102 Å². The average molecular weight is 442 g/mol. The first-order valence-corrected chi connectivity index (χ1v) is 11.0. The molecule has 0 bridgehead atoms. The molecule has 1 rings (SSSR count). The molecule has 0 radical (unpaired) electrons. The van der Waals surface area contributed by atoms with Crippen LogP contribution in [0.5, 0.6) is 0 Å². The smallest absolute Gasteiger partial charge is 0.328 e. The molecule has 178 valence electrons. The van der Waals surface area contributed by atoms with Crippen LogP contribution >= 0.6 is 0 Å². The molecule has 1 heterocycles. The number of hydrogen-bond donors (Lipinski definition) is 1. The Bertz CT molecular complexity index is 628. The number of carbonyl (C=O) groups is 3. The summed E-state index contributed by atoms with van der Waals surface area (Å²) in [4.78, 5) is 39.6. The van der Waals surface area contributed by atoms with Crippen molar-refractivity contribution in [1.29, 1.82) is 0 Å². The average Bonchev–Trinajstić information content (AvgIpc) is 3.08. The van der Waals surface area contributed by atoms with Gasteiger partial charge in [-0.05, 0) is 47.0 Å². The van der Waals surface area contributed by atoms with Crippen LogP contribution in [0, 0.1) is 5.92 Å². The molecule has 0 aromatic heterocycles. The van der Waals surface area contributed by atoms with E-state index in [1.807, 2.05) is 13.8 Å². The molecule has 1 aliphatic heterocycles. The van der Waals surface area contributed by atoms with Crippen molar-refractivity contribution in [1.82, 2.24) is 4.90 Å². The number of carbonyl (C=O) groups excluding carboxylic acids is 3. The minimum Gasteiger partial charge on any atom is -0.467 e. The Balaban J connectivity index is 3.14. The molecule has 8 heteroatoms. The summed E-state index contributed by atoms with van der Waals surface area (Å²) < 4.78 is 16.4. The molecule has 1 saturated heterocycles. The first kappa shape index (κ1) is 27.1. The molecule has 5 atom stereocenters. The van der Waals surface area contributed by atoms with Crippen LogP contribution in [0.1, 0.15) is 66.7 Å². The zero-order valence-electron chi connectivity index (χ0n) is 19.8. The Morgan fingerprint density at radius 2 is 1.94 bits per heavy atom. The quantitative estimate of drug-likeness (QED) is 0.388. The highest BCUT2D eigenvalue weighted by Gasteiger charge is 2.44. The van der Waals surface area contributed by atoms with Crippen LogP contribution in [0.15, 0.2) is 12.7 Å². The second-order valence-electron chi connectivity index (χ2n) is 9.08. The molecule has 31 heavy (non-hydrogen) atoms. The van der Waals surface area contributed by atoms with Crippen molar-refractivity contribution in [2.45, 2.75) is 96.7 Å². The largest absolute Gasteiger partial charge is 0.467 e. The number of hydrogen-bond acceptors (Lipinski definition) is 7. The van der Waals surface area contributed by atoms with Crippen molar-refractivity contribution < 1.29 is 33.7 Å². The summed E-state index contributed by atoms with van der Waals surface area (Å²) in [5.74, 6) is -2.36. The Hall–Kier alpha value is -1.93. The Morgan fingerprint density at radius 3 is 2.45 bits per heavy atom. The minimum absolute atomic E-state index is 0.00582. The monoisotopic (exact) mass is 441 g/mol. The molecule has 0 saturated carbocycles. The third-order valence-corrected chi connectivity index (χ3v) is 5.19. The van der Waals surface area contributed by atoms with Gasteiger partial charge in [0.05, 0.1) is 37.8 Å². The summed E-state index contributed by atoms with van der Waals surface area (Å²) >= 11 is 0. The van der Waals surface area contributed by atoms with E-state index in [2.05, 4.69) is 6.58 Å². The molecule has 0 aliphatic carbocycles. The van der Waals surface area contributed by atoms with Crippen molar-refractivity contribution in [2.24, 2.45) is 5.92 Å². The molecule has 0 spiro atoms. The molecule has 0 unspecified atom stereocenters. The normalized spacial score (nSPS) is 21.8. The van der Waals surface area contributed by atoms with Gasteiger partial charge in [-0.2, -0.15) is 0 Å². The highest BCUT2D eigenvalue weighted by atomic mass is 16.6. The molecule has 0 aromatic carbocycles. The van der Waals surface area contributed by atoms with Gasteiger partial charge in [-0.25, -0.2) is 4.79 Å². The molecule has 1 fully saturated rings. The Morgan fingerprint density at radius 1 is 1.29 bits per heavy atom. The van der Waals surface area contributed by atoms with E-state index in [0.29, 0.717) is 6.42 Å². The van der Waals surface area contributed by atoms with Gasteiger partial charge in [0.2, 0.25) is 5.91 Å². The van der Waals surface area contributed by atoms with Gasteiger partial charge in [0, 0.05) is 13.0 Å². The standard InChI is InChI=1S/C23H39NO7/c1-8-10-11-15(3)30-19(9-2)17(13-20(26)31-23(4,5)6)21(27)24-14-16(25)12-18(24)22(28)29-7/h8,15-19,25H,1,9-14H2,2-7H3/t15-,16-,17+,18+,19+/m1/s1. The lowest BCUT2D eigenvalue weighted by molar-refractivity contribution is -0.164. The van der Waals surface area contributed by atoms with Gasteiger partial charge in [0.15, 0.2) is 0 Å². The summed E-state index contributed by atoms with van der Waals surface area (Å²) in [6.07, 6.45) is 2.21. The molecular weight excluding hydrogens is 402 g/mol. The van der Waals surface area contributed by atoms with Crippen molar-refractivity contribution in [2.75, 3.05) is 13.7 Å². The van der Waals surface area contributed by atoms with Crippen LogP contribution in [-0.2, 0) is 28.6 Å². The molecule has 8 nitrogen and oxygen atoms in total. The third kappa shape index (κ3) is 8.61. The molecule has 1 N–H and O–H groups in total. The van der Waals surface area contributed by atoms with Crippen LogP contribution in [0.25, 0.3) is 0 Å². The number of nitrogens with zero attached hydrogens (tertiary/aromatic N) is 1. The fourth-order valence-corrected chi connectivity index (χ4v) is 3.76. The van der Waals surface area contributed by atoms with Crippen LogP contribution in [0.4, 0.5) is 0 Å². The van der Waals surface area contributed by atoms with Gasteiger partial charge < -0.3 is 24.2 Å². The highest BCUT2D eigenvalue weighted by molar-refractivity contribution is 5.89. The highest BCUT2D eigenvalue weighted by Crippen LogP contribution is 2.28. The zero-order chi connectivity index (χ0) is 23.8. The Labute approximate surface area is 185 Å². The van der Waals surface area contributed by atoms with Crippen LogP contribution in [0.2, 0.25) is 0 Å². The number of rotatable bonds is 11. The third-order valence-electron chi connectivity index (χ3n) is 5.19. The zero-order valence-corrected chi connectivity index (χ0v) is 19.8. The molecular formula is C23H39NO7. The van der Waals surface area contributed by atoms with Crippen molar-refractivity contribution >= 4 is 17.8 Å². The predicted molar refractivity (Wildman–Crippen MR) is 116 cm³/mol. The van der Waals surface area contributed by atoms with Gasteiger partial charge in [-0.15, -0.1) is 6.58 Å². The number of methoxy groups -OCH3 is 1. The van der Waals surface area contributed by atoms with Gasteiger partial charge in [0.25, 0.3) is 0 Å². The maximum Gasteiger partial charge on any atom is 0.328 e. The summed E-state index contributed by atoms with van der Waals surface area (Å²) in [5, 5.41) is 10.1. The molecule has 1 aliphatic rings. The number of amides is 1. The Kier molecular flexibility index (Phi) is 10.7. The number of likely N-dealkylation sites (tertiary alicyclic amines) is 1. The van der Waals surface area contributed by atoms with E-state index in [4.69, 9.17) is 14.2 Å². The maximum absolute atomic E-state index is 13.5. The van der Waals surface area contributed by atoms with E-state index in [-0.39, 0.29) is 25.5 Å². The number of aliphatic hydroxyl groups excluding tert-OH is 1. The fourth-order valence-electron chi connectivity index (χ4n) is 3.76. The van der Waals surface area contributed by atoms with E-state index in [1.165, 1.54) is 12.0 Å². The van der Waals surface area contributed by atoms with Crippen molar-refractivity contribution in [3.63, 3.8) is 0 Å². The second kappa shape index (κ2) is 12.2. The van der Waals surface area contributed by atoms with Crippen LogP contribution in [-0.4, -0.2) is 71.5 Å². The fraction of sp³-hybridized carbons (Fsp3) is 0.783. The predicted octanol–water partition coefficient (Wildman–Crippen LogP) is 2.62. The van der Waals surface area contributed by atoms with Crippen molar-refractivity contribution in [3.05, 3.63) is 12.7 Å². The molecule has 0 aromatic rings. The lowest BCUT2D eigenvalue weighted by Crippen LogP contribution is -2.48. The van der Waals surface area contributed by atoms with E-state index < -0.39 is 47.6 Å².